The number of hydrogen-bond donors (Lipinski definition) is 1. The van der Waals surface area contributed by atoms with Crippen LogP contribution in [0.2, 0.25) is 0 Å². The molecule has 4 rings (SSSR count). The lowest BCUT2D eigenvalue weighted by Crippen LogP contribution is -2.32. The quantitative estimate of drug-likeness (QED) is 0.546. The van der Waals surface area contributed by atoms with Crippen molar-refractivity contribution >= 4 is 10.0 Å². The third-order valence-electron chi connectivity index (χ3n) is 5.73. The molecule has 2 aliphatic carbocycles. The van der Waals surface area contributed by atoms with Gasteiger partial charge in [0.25, 0.3) is 0 Å². The van der Waals surface area contributed by atoms with E-state index in [1.54, 1.807) is 12.1 Å². The van der Waals surface area contributed by atoms with Gasteiger partial charge in [0.15, 0.2) is 0 Å². The number of aryl methyl sites for hydroxylation is 1. The number of hydrogen-bond acceptors (Lipinski definition) is 2. The Morgan fingerprint density at radius 2 is 1.77 bits per heavy atom. The molecular formula is C26H27NO2S. The molecule has 0 radical (unpaired) electrons. The standard InChI is InChI=1S/C26H27NO2S/c1-20-11-17-25(18-12-20)30(28,29)27-24-16-15-23(19-24)26-10-6-5-9-22(26)14-13-21-7-3-2-4-8-21/h5-7,9-12,15-18,23-24,27H,2-4,8,19H2,1H3/t23-,24-/m1/s1. The molecule has 0 amide bonds. The van der Waals surface area contributed by atoms with Gasteiger partial charge < -0.3 is 0 Å². The van der Waals surface area contributed by atoms with Crippen molar-refractivity contribution in [2.75, 3.05) is 0 Å². The summed E-state index contributed by atoms with van der Waals surface area (Å²) in [4.78, 5) is 0.303. The summed E-state index contributed by atoms with van der Waals surface area (Å²) in [6.07, 6.45) is 11.7. The molecule has 2 atom stereocenters. The van der Waals surface area contributed by atoms with E-state index in [1.807, 2.05) is 37.3 Å². The van der Waals surface area contributed by atoms with Crippen LogP contribution in [0, 0.1) is 18.8 Å². The van der Waals surface area contributed by atoms with Crippen LogP contribution in [0.3, 0.4) is 0 Å². The van der Waals surface area contributed by atoms with Gasteiger partial charge in [-0.2, -0.15) is 0 Å². The Hall–Kier alpha value is -2.61. The minimum absolute atomic E-state index is 0.154. The van der Waals surface area contributed by atoms with Crippen molar-refractivity contribution in [2.24, 2.45) is 0 Å². The van der Waals surface area contributed by atoms with Gasteiger partial charge >= 0.3 is 0 Å². The molecule has 3 nitrogen and oxygen atoms in total. The molecule has 0 saturated heterocycles. The van der Waals surface area contributed by atoms with E-state index in [2.05, 4.69) is 40.8 Å². The fourth-order valence-corrected chi connectivity index (χ4v) is 5.24. The highest BCUT2D eigenvalue weighted by Gasteiger charge is 2.26. The topological polar surface area (TPSA) is 46.2 Å². The first-order valence-corrected chi connectivity index (χ1v) is 12.1. The maximum Gasteiger partial charge on any atom is 0.241 e. The third-order valence-corrected chi connectivity index (χ3v) is 7.24. The Morgan fingerprint density at radius 1 is 0.967 bits per heavy atom. The summed E-state index contributed by atoms with van der Waals surface area (Å²) in [5, 5.41) is 0. The molecule has 0 aliphatic heterocycles. The van der Waals surface area contributed by atoms with E-state index in [9.17, 15) is 8.42 Å². The highest BCUT2D eigenvalue weighted by Crippen LogP contribution is 2.31. The molecule has 0 bridgehead atoms. The Morgan fingerprint density at radius 3 is 2.53 bits per heavy atom. The van der Waals surface area contributed by atoms with E-state index >= 15 is 0 Å². The summed E-state index contributed by atoms with van der Waals surface area (Å²) in [6.45, 7) is 1.94. The molecule has 30 heavy (non-hydrogen) atoms. The predicted molar refractivity (Wildman–Crippen MR) is 122 cm³/mol. The second kappa shape index (κ2) is 9.04. The van der Waals surface area contributed by atoms with Crippen molar-refractivity contribution < 1.29 is 8.42 Å². The Kier molecular flexibility index (Phi) is 6.22. The maximum absolute atomic E-state index is 12.7. The first-order chi connectivity index (χ1) is 14.5. The fraction of sp³-hybridized carbons (Fsp3) is 0.308. The number of allylic oxidation sites excluding steroid dienone is 3. The molecule has 2 aromatic rings. The predicted octanol–water partition coefficient (Wildman–Crippen LogP) is 5.24. The molecule has 1 N–H and O–H groups in total. The fourth-order valence-electron chi connectivity index (χ4n) is 4.04. The van der Waals surface area contributed by atoms with Crippen molar-refractivity contribution in [2.45, 2.75) is 55.9 Å². The van der Waals surface area contributed by atoms with E-state index < -0.39 is 10.0 Å². The van der Waals surface area contributed by atoms with Gasteiger partial charge in [-0.3, -0.25) is 0 Å². The summed E-state index contributed by atoms with van der Waals surface area (Å²) < 4.78 is 28.3. The van der Waals surface area contributed by atoms with Gasteiger partial charge in [0.1, 0.15) is 0 Å². The number of rotatable bonds is 4. The van der Waals surface area contributed by atoms with Crippen LogP contribution in [0.1, 0.15) is 54.7 Å². The van der Waals surface area contributed by atoms with E-state index in [1.165, 1.54) is 18.4 Å². The third kappa shape index (κ3) is 4.92. The summed E-state index contributed by atoms with van der Waals surface area (Å²) in [6, 6.07) is 14.9. The number of nitrogens with one attached hydrogen (secondary N) is 1. The van der Waals surface area contributed by atoms with Crippen LogP contribution >= 0.6 is 0 Å². The Bertz CT molecular complexity index is 1130. The van der Waals surface area contributed by atoms with Gasteiger partial charge in [0.05, 0.1) is 4.90 Å². The monoisotopic (exact) mass is 417 g/mol. The first kappa shape index (κ1) is 20.7. The average Bonchev–Trinajstić information content (AvgIpc) is 3.21. The SMILES string of the molecule is Cc1ccc(S(=O)(=O)N[C@@H]2C=C[C@@H](c3ccccc3C#CC3=CCCCC3)C2)cc1. The smallest absolute Gasteiger partial charge is 0.207 e. The van der Waals surface area contributed by atoms with Crippen molar-refractivity contribution in [3.63, 3.8) is 0 Å². The molecule has 0 fully saturated rings. The zero-order valence-corrected chi connectivity index (χ0v) is 18.1. The number of benzene rings is 2. The van der Waals surface area contributed by atoms with E-state index in [-0.39, 0.29) is 12.0 Å². The van der Waals surface area contributed by atoms with Crippen LogP contribution in [-0.2, 0) is 10.0 Å². The zero-order chi connectivity index (χ0) is 21.0. The van der Waals surface area contributed by atoms with E-state index in [0.717, 1.165) is 29.5 Å². The van der Waals surface area contributed by atoms with Crippen LogP contribution < -0.4 is 4.72 Å². The van der Waals surface area contributed by atoms with Gasteiger partial charge in [0.2, 0.25) is 10.0 Å². The van der Waals surface area contributed by atoms with Crippen molar-refractivity contribution in [3.8, 4) is 11.8 Å². The Balaban J connectivity index is 1.48. The summed E-state index contributed by atoms with van der Waals surface area (Å²) >= 11 is 0. The molecule has 0 heterocycles. The molecule has 0 unspecified atom stereocenters. The van der Waals surface area contributed by atoms with Crippen molar-refractivity contribution in [1.29, 1.82) is 0 Å². The lowest BCUT2D eigenvalue weighted by Gasteiger charge is -2.16. The number of sulfonamides is 1. The molecule has 0 saturated carbocycles. The molecule has 2 aromatic carbocycles. The molecule has 0 aromatic heterocycles. The van der Waals surface area contributed by atoms with Crippen molar-refractivity contribution in [3.05, 3.63) is 89.0 Å². The second-order valence-corrected chi connectivity index (χ2v) is 9.79. The van der Waals surface area contributed by atoms with Crippen LogP contribution in [0.4, 0.5) is 0 Å². The summed E-state index contributed by atoms with van der Waals surface area (Å²) in [7, 11) is -3.54. The zero-order valence-electron chi connectivity index (χ0n) is 17.3. The van der Waals surface area contributed by atoms with Gasteiger partial charge in [-0.25, -0.2) is 13.1 Å². The average molecular weight is 418 g/mol. The molecule has 2 aliphatic rings. The van der Waals surface area contributed by atoms with Gasteiger partial charge in [-0.1, -0.05) is 66.0 Å². The van der Waals surface area contributed by atoms with Gasteiger partial charge in [0, 0.05) is 17.5 Å². The summed E-state index contributed by atoms with van der Waals surface area (Å²) in [5.41, 5.74) is 4.47. The normalized spacial score (nSPS) is 21.0. The van der Waals surface area contributed by atoms with Crippen LogP contribution in [0.15, 0.2) is 77.2 Å². The van der Waals surface area contributed by atoms with Gasteiger partial charge in [-0.15, -0.1) is 0 Å². The molecule has 0 spiro atoms. The Labute approximate surface area is 180 Å². The molecule has 4 heteroatoms. The second-order valence-electron chi connectivity index (χ2n) is 8.08. The summed E-state index contributed by atoms with van der Waals surface area (Å²) in [5.74, 6) is 6.87. The largest absolute Gasteiger partial charge is 0.241 e. The molecule has 154 valence electrons. The van der Waals surface area contributed by atoms with Crippen LogP contribution in [0.25, 0.3) is 0 Å². The van der Waals surface area contributed by atoms with E-state index in [4.69, 9.17) is 0 Å². The minimum atomic E-state index is -3.54. The first-order valence-electron chi connectivity index (χ1n) is 10.6. The van der Waals surface area contributed by atoms with E-state index in [0.29, 0.717) is 11.3 Å². The lowest BCUT2D eigenvalue weighted by molar-refractivity contribution is 0.563. The highest BCUT2D eigenvalue weighted by atomic mass is 32.2. The van der Waals surface area contributed by atoms with Crippen LogP contribution in [-0.4, -0.2) is 14.5 Å². The highest BCUT2D eigenvalue weighted by molar-refractivity contribution is 7.89. The minimum Gasteiger partial charge on any atom is -0.207 e. The lowest BCUT2D eigenvalue weighted by atomic mass is 9.93. The van der Waals surface area contributed by atoms with Crippen molar-refractivity contribution in [1.82, 2.24) is 4.72 Å². The maximum atomic E-state index is 12.7. The molecular weight excluding hydrogens is 390 g/mol. The van der Waals surface area contributed by atoms with Gasteiger partial charge in [-0.05, 0) is 68.4 Å². The van der Waals surface area contributed by atoms with Crippen LogP contribution in [0.5, 0.6) is 0 Å².